The van der Waals surface area contributed by atoms with Gasteiger partial charge in [0.1, 0.15) is 11.1 Å². The van der Waals surface area contributed by atoms with E-state index in [1.54, 1.807) is 27.7 Å². The highest BCUT2D eigenvalue weighted by atomic mass is 16.6. The average Bonchev–Trinajstić information content (AvgIpc) is 1.84. The predicted octanol–water partition coefficient (Wildman–Crippen LogP) is 0.00420. The largest absolute Gasteiger partial charge is 0.459 e. The van der Waals surface area contributed by atoms with E-state index < -0.39 is 17.1 Å². The topological polar surface area (TPSA) is 78.3 Å². The van der Waals surface area contributed by atoms with Gasteiger partial charge in [-0.3, -0.25) is 0 Å². The first kappa shape index (κ1) is 11.4. The minimum atomic E-state index is -1.08. The first-order valence-corrected chi connectivity index (χ1v) is 3.91. The lowest BCUT2D eigenvalue weighted by molar-refractivity contribution is -0.160. The van der Waals surface area contributed by atoms with Gasteiger partial charge in [-0.1, -0.05) is 0 Å². The number of carbonyl (C=O) groups is 1. The van der Waals surface area contributed by atoms with Crippen LogP contribution in [0.2, 0.25) is 0 Å². The Morgan fingerprint density at radius 3 is 2.00 bits per heavy atom. The third kappa shape index (κ3) is 3.69. The maximum atomic E-state index is 11.3. The molecule has 0 radical (unpaired) electrons. The summed E-state index contributed by atoms with van der Waals surface area (Å²) in [4.78, 5) is 11.3. The van der Waals surface area contributed by atoms with E-state index in [0.29, 0.717) is 0 Å². The first-order chi connectivity index (χ1) is 5.19. The maximum Gasteiger partial charge on any atom is 0.327 e. The summed E-state index contributed by atoms with van der Waals surface area (Å²) in [5.74, 6) is -0.461. The van der Waals surface area contributed by atoms with Gasteiger partial charge in [0.25, 0.3) is 0 Å². The Kier molecular flexibility index (Phi) is 3.24. The number of carbonyl (C=O) groups excluding carboxylic acids is 1. The lowest BCUT2D eigenvalue weighted by atomic mass is 10.0. The lowest BCUT2D eigenvalue weighted by Crippen LogP contribution is -2.53. The molecule has 72 valence electrons. The number of esters is 1. The molecule has 0 aromatic rings. The molecule has 0 fully saturated rings. The van der Waals surface area contributed by atoms with E-state index in [0.717, 1.165) is 0 Å². The summed E-state index contributed by atoms with van der Waals surface area (Å²) in [6.45, 7) is 7.01. The van der Waals surface area contributed by atoms with Crippen LogP contribution in [0.4, 0.5) is 0 Å². The normalized spacial score (nSPS) is 16.8. The molecule has 0 amide bonds. The van der Waals surface area contributed by atoms with Gasteiger partial charge in [-0.05, 0) is 27.7 Å². The van der Waals surface area contributed by atoms with E-state index in [1.165, 1.54) is 0 Å². The highest BCUT2D eigenvalue weighted by molar-refractivity contribution is 5.80. The maximum absolute atomic E-state index is 11.3. The summed E-state index contributed by atoms with van der Waals surface area (Å²) in [6.07, 6.45) is 0. The minimum Gasteiger partial charge on any atom is -0.459 e. The Hall–Kier alpha value is -0.610. The zero-order chi connectivity index (χ0) is 9.99. The Bertz CT molecular complexity index is 170. The van der Waals surface area contributed by atoms with Gasteiger partial charge >= 0.3 is 5.97 Å². The minimum absolute atomic E-state index is 0.0852. The van der Waals surface area contributed by atoms with Crippen molar-refractivity contribution >= 4 is 5.97 Å². The van der Waals surface area contributed by atoms with Crippen molar-refractivity contribution in [3.63, 3.8) is 0 Å². The molecular weight excluding hydrogens is 156 g/mol. The van der Waals surface area contributed by atoms with Gasteiger partial charge < -0.3 is 16.2 Å². The summed E-state index contributed by atoms with van der Waals surface area (Å²) >= 11 is 0. The third-order valence-electron chi connectivity index (χ3n) is 1.29. The van der Waals surface area contributed by atoms with Crippen LogP contribution >= 0.6 is 0 Å². The SMILES string of the molecule is CC(C)(C)OC(=O)C(C)(N)CN. The van der Waals surface area contributed by atoms with Crippen molar-refractivity contribution < 1.29 is 9.53 Å². The van der Waals surface area contributed by atoms with Crippen LogP contribution in [0.15, 0.2) is 0 Å². The van der Waals surface area contributed by atoms with Crippen molar-refractivity contribution in [2.45, 2.75) is 38.8 Å². The molecule has 12 heavy (non-hydrogen) atoms. The summed E-state index contributed by atoms with van der Waals surface area (Å²) in [6, 6.07) is 0. The molecule has 0 rings (SSSR count). The summed E-state index contributed by atoms with van der Waals surface area (Å²) in [5.41, 5.74) is 9.28. The van der Waals surface area contributed by atoms with E-state index in [1.807, 2.05) is 0 Å². The molecule has 0 aliphatic carbocycles. The van der Waals surface area contributed by atoms with Gasteiger partial charge in [0, 0.05) is 6.54 Å². The van der Waals surface area contributed by atoms with Crippen LogP contribution in [0.25, 0.3) is 0 Å². The van der Waals surface area contributed by atoms with Crippen molar-refractivity contribution in [2.75, 3.05) is 6.54 Å². The monoisotopic (exact) mass is 174 g/mol. The third-order valence-corrected chi connectivity index (χ3v) is 1.29. The standard InChI is InChI=1S/C8H18N2O2/c1-7(2,3)12-6(11)8(4,10)5-9/h5,9-10H2,1-4H3. The molecular formula is C8H18N2O2. The van der Waals surface area contributed by atoms with E-state index >= 15 is 0 Å². The molecule has 0 spiro atoms. The van der Waals surface area contributed by atoms with Gasteiger partial charge in [0.15, 0.2) is 0 Å². The fraction of sp³-hybridized carbons (Fsp3) is 0.875. The molecule has 4 nitrogen and oxygen atoms in total. The summed E-state index contributed by atoms with van der Waals surface area (Å²) in [5, 5.41) is 0. The molecule has 0 aliphatic heterocycles. The number of hydrogen-bond donors (Lipinski definition) is 2. The Balaban J connectivity index is 4.23. The van der Waals surface area contributed by atoms with Crippen molar-refractivity contribution in [3.05, 3.63) is 0 Å². The highest BCUT2D eigenvalue weighted by Crippen LogP contribution is 2.11. The van der Waals surface area contributed by atoms with Crippen LogP contribution in [0.5, 0.6) is 0 Å². The molecule has 1 atom stereocenters. The second kappa shape index (κ2) is 3.41. The number of nitrogens with two attached hydrogens (primary N) is 2. The van der Waals surface area contributed by atoms with Crippen LogP contribution < -0.4 is 11.5 Å². The van der Waals surface area contributed by atoms with Gasteiger partial charge in [-0.2, -0.15) is 0 Å². The molecule has 0 bridgehead atoms. The van der Waals surface area contributed by atoms with Crippen molar-refractivity contribution in [1.82, 2.24) is 0 Å². The van der Waals surface area contributed by atoms with Crippen molar-refractivity contribution in [2.24, 2.45) is 11.5 Å². The molecule has 0 aromatic heterocycles. The molecule has 0 heterocycles. The Morgan fingerprint density at radius 2 is 1.75 bits per heavy atom. The molecule has 0 saturated heterocycles. The van der Waals surface area contributed by atoms with Crippen molar-refractivity contribution in [3.8, 4) is 0 Å². The summed E-state index contributed by atoms with van der Waals surface area (Å²) in [7, 11) is 0. The van der Waals surface area contributed by atoms with Gasteiger partial charge in [-0.25, -0.2) is 4.79 Å². The molecule has 4 N–H and O–H groups in total. The van der Waals surface area contributed by atoms with E-state index in [2.05, 4.69) is 0 Å². The zero-order valence-corrected chi connectivity index (χ0v) is 8.18. The summed E-state index contributed by atoms with van der Waals surface area (Å²) < 4.78 is 5.05. The molecule has 0 saturated carbocycles. The van der Waals surface area contributed by atoms with Gasteiger partial charge in [0.2, 0.25) is 0 Å². The lowest BCUT2D eigenvalue weighted by Gasteiger charge is -2.27. The number of ether oxygens (including phenoxy) is 1. The van der Waals surface area contributed by atoms with Crippen LogP contribution in [0.3, 0.4) is 0 Å². The predicted molar refractivity (Wildman–Crippen MR) is 47.5 cm³/mol. The van der Waals surface area contributed by atoms with Crippen LogP contribution in [0.1, 0.15) is 27.7 Å². The number of hydrogen-bond acceptors (Lipinski definition) is 4. The van der Waals surface area contributed by atoms with Crippen LogP contribution in [0, 0.1) is 0 Å². The van der Waals surface area contributed by atoms with Crippen molar-refractivity contribution in [1.29, 1.82) is 0 Å². The smallest absolute Gasteiger partial charge is 0.327 e. The average molecular weight is 174 g/mol. The Morgan fingerprint density at radius 1 is 1.33 bits per heavy atom. The molecule has 0 aromatic carbocycles. The number of rotatable bonds is 2. The quantitative estimate of drug-likeness (QED) is 0.578. The van der Waals surface area contributed by atoms with E-state index in [9.17, 15) is 4.79 Å². The Labute approximate surface area is 73.2 Å². The van der Waals surface area contributed by atoms with Crippen LogP contribution in [-0.2, 0) is 9.53 Å². The van der Waals surface area contributed by atoms with Gasteiger partial charge in [-0.15, -0.1) is 0 Å². The fourth-order valence-electron chi connectivity index (χ4n) is 0.478. The second-order valence-corrected chi connectivity index (χ2v) is 4.12. The van der Waals surface area contributed by atoms with Crippen LogP contribution in [-0.4, -0.2) is 23.7 Å². The molecule has 0 aliphatic rings. The first-order valence-electron chi connectivity index (χ1n) is 3.91. The molecule has 1 unspecified atom stereocenters. The second-order valence-electron chi connectivity index (χ2n) is 4.12. The molecule has 4 heteroatoms. The van der Waals surface area contributed by atoms with Gasteiger partial charge in [0.05, 0.1) is 0 Å². The highest BCUT2D eigenvalue weighted by Gasteiger charge is 2.31. The fourth-order valence-corrected chi connectivity index (χ4v) is 0.478. The zero-order valence-electron chi connectivity index (χ0n) is 8.18. The van der Waals surface area contributed by atoms with E-state index in [4.69, 9.17) is 16.2 Å². The van der Waals surface area contributed by atoms with E-state index in [-0.39, 0.29) is 6.54 Å².